The van der Waals surface area contributed by atoms with Crippen LogP contribution in [0.15, 0.2) is 24.3 Å². The first-order chi connectivity index (χ1) is 9.66. The normalized spacial score (nSPS) is 18.4. The summed E-state index contributed by atoms with van der Waals surface area (Å²) in [4.78, 5) is 2.15. The van der Waals surface area contributed by atoms with E-state index >= 15 is 0 Å². The summed E-state index contributed by atoms with van der Waals surface area (Å²) in [7, 11) is 4.15. The first kappa shape index (κ1) is 15.8. The zero-order chi connectivity index (χ0) is 14.4. The zero-order valence-corrected chi connectivity index (χ0v) is 13.2. The summed E-state index contributed by atoms with van der Waals surface area (Å²) >= 11 is 5.99. The molecular weight excluding hydrogens is 272 g/mol. The molecule has 1 saturated heterocycles. The molecule has 1 unspecified atom stereocenters. The number of hydrogen-bond acceptors (Lipinski definition) is 3. The van der Waals surface area contributed by atoms with Crippen LogP contribution in [0.1, 0.15) is 24.5 Å². The van der Waals surface area contributed by atoms with Crippen molar-refractivity contribution in [1.82, 2.24) is 10.2 Å². The van der Waals surface area contributed by atoms with Crippen LogP contribution < -0.4 is 5.32 Å². The van der Waals surface area contributed by atoms with Crippen molar-refractivity contribution in [3.8, 4) is 0 Å². The second-order valence-corrected chi connectivity index (χ2v) is 6.17. The summed E-state index contributed by atoms with van der Waals surface area (Å²) in [5.41, 5.74) is 1.25. The van der Waals surface area contributed by atoms with E-state index in [4.69, 9.17) is 16.3 Å². The Labute approximate surface area is 127 Å². The van der Waals surface area contributed by atoms with Crippen LogP contribution >= 0.6 is 11.6 Å². The fourth-order valence-corrected chi connectivity index (χ4v) is 2.79. The predicted molar refractivity (Wildman–Crippen MR) is 84.3 cm³/mol. The summed E-state index contributed by atoms with van der Waals surface area (Å²) < 4.78 is 6.21. The quantitative estimate of drug-likeness (QED) is 0.873. The van der Waals surface area contributed by atoms with Gasteiger partial charge in [0.05, 0.1) is 12.7 Å². The van der Waals surface area contributed by atoms with Gasteiger partial charge in [0.1, 0.15) is 0 Å². The van der Waals surface area contributed by atoms with Gasteiger partial charge < -0.3 is 15.0 Å². The molecule has 2 rings (SSSR count). The Hall–Kier alpha value is -0.610. The van der Waals surface area contributed by atoms with Crippen LogP contribution in [-0.2, 0) is 4.74 Å². The molecular formula is C16H25ClN2O. The molecule has 0 spiro atoms. The van der Waals surface area contributed by atoms with E-state index in [1.165, 1.54) is 18.4 Å². The Bertz CT molecular complexity index is 388. The number of likely N-dealkylation sites (N-methyl/N-ethyl adjacent to an activating group) is 1. The molecule has 1 aliphatic heterocycles. The summed E-state index contributed by atoms with van der Waals surface area (Å²) in [5, 5.41) is 4.20. The minimum Gasteiger partial charge on any atom is -0.372 e. The third kappa shape index (κ3) is 4.74. The molecule has 0 aliphatic carbocycles. The Morgan fingerprint density at radius 1 is 1.25 bits per heavy atom. The molecule has 1 aliphatic rings. The van der Waals surface area contributed by atoms with Gasteiger partial charge >= 0.3 is 0 Å². The Kier molecular flexibility index (Phi) is 6.30. The number of ether oxygens (including phenoxy) is 1. The molecule has 4 heteroatoms. The van der Waals surface area contributed by atoms with E-state index in [1.54, 1.807) is 0 Å². The van der Waals surface area contributed by atoms with Crippen LogP contribution in [-0.4, -0.2) is 45.2 Å². The molecule has 1 N–H and O–H groups in total. The van der Waals surface area contributed by atoms with E-state index in [2.05, 4.69) is 36.4 Å². The van der Waals surface area contributed by atoms with Gasteiger partial charge in [-0.3, -0.25) is 0 Å². The summed E-state index contributed by atoms with van der Waals surface area (Å²) in [6.07, 6.45) is 2.54. The zero-order valence-electron chi connectivity index (χ0n) is 12.4. The number of halogens is 1. The maximum absolute atomic E-state index is 6.21. The molecule has 112 valence electrons. The minimum atomic E-state index is 0.189. The van der Waals surface area contributed by atoms with E-state index in [1.807, 2.05) is 12.1 Å². The van der Waals surface area contributed by atoms with Crippen molar-refractivity contribution in [2.75, 3.05) is 40.3 Å². The topological polar surface area (TPSA) is 24.5 Å². The standard InChI is InChI=1S/C16H25ClN2O/c1-19(2)11-12-20-16(14-7-9-18-10-8-14)13-3-5-15(17)6-4-13/h3-6,14,16,18H,7-12H2,1-2H3. The molecule has 3 nitrogen and oxygen atoms in total. The van der Waals surface area contributed by atoms with Crippen LogP contribution in [0.3, 0.4) is 0 Å². The monoisotopic (exact) mass is 296 g/mol. The highest BCUT2D eigenvalue weighted by atomic mass is 35.5. The molecule has 1 atom stereocenters. The number of nitrogens with zero attached hydrogens (tertiary/aromatic N) is 1. The van der Waals surface area contributed by atoms with Gasteiger partial charge in [-0.05, 0) is 63.6 Å². The van der Waals surface area contributed by atoms with Crippen LogP contribution in [0, 0.1) is 5.92 Å². The van der Waals surface area contributed by atoms with Gasteiger partial charge in [-0.15, -0.1) is 0 Å². The number of nitrogens with one attached hydrogen (secondary N) is 1. The number of piperidine rings is 1. The Morgan fingerprint density at radius 2 is 1.90 bits per heavy atom. The second kappa shape index (κ2) is 7.99. The van der Waals surface area contributed by atoms with Gasteiger partial charge in [0.15, 0.2) is 0 Å². The maximum atomic E-state index is 6.21. The number of hydrogen-bond donors (Lipinski definition) is 1. The first-order valence-corrected chi connectivity index (χ1v) is 7.77. The lowest BCUT2D eigenvalue weighted by Crippen LogP contribution is -2.32. The summed E-state index contributed by atoms with van der Waals surface area (Å²) in [6.45, 7) is 3.90. The average Bonchev–Trinajstić information content (AvgIpc) is 2.46. The van der Waals surface area contributed by atoms with Crippen molar-refractivity contribution in [1.29, 1.82) is 0 Å². The lowest BCUT2D eigenvalue weighted by atomic mass is 9.88. The van der Waals surface area contributed by atoms with Crippen LogP contribution in [0.4, 0.5) is 0 Å². The van der Waals surface area contributed by atoms with Crippen molar-refractivity contribution in [3.63, 3.8) is 0 Å². The van der Waals surface area contributed by atoms with Crippen LogP contribution in [0.5, 0.6) is 0 Å². The molecule has 1 heterocycles. The summed E-state index contributed by atoms with van der Waals surface area (Å²) in [5.74, 6) is 0.597. The third-order valence-corrected chi connectivity index (χ3v) is 4.10. The molecule has 20 heavy (non-hydrogen) atoms. The lowest BCUT2D eigenvalue weighted by molar-refractivity contribution is -0.00480. The van der Waals surface area contributed by atoms with E-state index in [9.17, 15) is 0 Å². The van der Waals surface area contributed by atoms with Crippen molar-refractivity contribution >= 4 is 11.6 Å². The molecule has 1 fully saturated rings. The lowest BCUT2D eigenvalue weighted by Gasteiger charge is -2.31. The molecule has 0 saturated carbocycles. The van der Waals surface area contributed by atoms with Gasteiger partial charge in [0.2, 0.25) is 0 Å². The highest BCUT2D eigenvalue weighted by Crippen LogP contribution is 2.32. The SMILES string of the molecule is CN(C)CCOC(c1ccc(Cl)cc1)C1CCNCC1. The van der Waals surface area contributed by atoms with E-state index < -0.39 is 0 Å². The first-order valence-electron chi connectivity index (χ1n) is 7.39. The molecule has 1 aromatic rings. The average molecular weight is 297 g/mol. The smallest absolute Gasteiger partial charge is 0.0854 e. The van der Waals surface area contributed by atoms with Gasteiger partial charge in [0, 0.05) is 11.6 Å². The molecule has 1 aromatic carbocycles. The maximum Gasteiger partial charge on any atom is 0.0854 e. The molecule has 0 bridgehead atoms. The van der Waals surface area contributed by atoms with Crippen LogP contribution in [0.2, 0.25) is 5.02 Å². The van der Waals surface area contributed by atoms with Gasteiger partial charge in [-0.25, -0.2) is 0 Å². The van der Waals surface area contributed by atoms with E-state index in [0.717, 1.165) is 31.3 Å². The largest absolute Gasteiger partial charge is 0.372 e. The summed E-state index contributed by atoms with van der Waals surface area (Å²) in [6, 6.07) is 8.12. The predicted octanol–water partition coefficient (Wildman–Crippen LogP) is 2.96. The number of rotatable bonds is 6. The second-order valence-electron chi connectivity index (χ2n) is 5.73. The fraction of sp³-hybridized carbons (Fsp3) is 0.625. The van der Waals surface area contributed by atoms with Crippen molar-refractivity contribution in [3.05, 3.63) is 34.9 Å². The number of benzene rings is 1. The fourth-order valence-electron chi connectivity index (χ4n) is 2.67. The highest BCUT2D eigenvalue weighted by molar-refractivity contribution is 6.30. The van der Waals surface area contributed by atoms with Gasteiger partial charge in [-0.2, -0.15) is 0 Å². The van der Waals surface area contributed by atoms with E-state index in [-0.39, 0.29) is 6.10 Å². The molecule has 0 amide bonds. The van der Waals surface area contributed by atoms with Gasteiger partial charge in [0.25, 0.3) is 0 Å². The Balaban J connectivity index is 2.04. The van der Waals surface area contributed by atoms with Crippen molar-refractivity contribution in [2.24, 2.45) is 5.92 Å². The minimum absolute atomic E-state index is 0.189. The third-order valence-electron chi connectivity index (χ3n) is 3.85. The van der Waals surface area contributed by atoms with Crippen molar-refractivity contribution in [2.45, 2.75) is 18.9 Å². The van der Waals surface area contributed by atoms with Crippen LogP contribution in [0.25, 0.3) is 0 Å². The van der Waals surface area contributed by atoms with Crippen molar-refractivity contribution < 1.29 is 4.74 Å². The Morgan fingerprint density at radius 3 is 2.50 bits per heavy atom. The highest BCUT2D eigenvalue weighted by Gasteiger charge is 2.25. The molecule has 0 radical (unpaired) electrons. The molecule has 0 aromatic heterocycles. The van der Waals surface area contributed by atoms with E-state index in [0.29, 0.717) is 5.92 Å². The van der Waals surface area contributed by atoms with Gasteiger partial charge in [-0.1, -0.05) is 23.7 Å².